The summed E-state index contributed by atoms with van der Waals surface area (Å²) >= 11 is 6.19. The van der Waals surface area contributed by atoms with E-state index in [4.69, 9.17) is 11.6 Å². The van der Waals surface area contributed by atoms with Gasteiger partial charge in [-0.3, -0.25) is 0 Å². The molecule has 2 fully saturated rings. The molecule has 0 spiro atoms. The molecule has 0 bridgehead atoms. The van der Waals surface area contributed by atoms with Crippen molar-refractivity contribution in [3.05, 3.63) is 0 Å². The van der Waals surface area contributed by atoms with E-state index in [0.717, 1.165) is 12.3 Å². The van der Waals surface area contributed by atoms with E-state index in [1.54, 1.807) is 0 Å². The summed E-state index contributed by atoms with van der Waals surface area (Å²) in [6, 6.07) is 0. The fourth-order valence-electron chi connectivity index (χ4n) is 2.84. The quantitative estimate of drug-likeness (QED) is 0.580. The Morgan fingerprint density at radius 3 is 2.58 bits per heavy atom. The van der Waals surface area contributed by atoms with Gasteiger partial charge in [0.1, 0.15) is 0 Å². The number of aliphatic hydroxyl groups excluding tert-OH is 1. The van der Waals surface area contributed by atoms with Crippen molar-refractivity contribution in [1.82, 2.24) is 0 Å². The molecule has 1 N–H and O–H groups in total. The Hall–Kier alpha value is 0.250. The molecule has 2 heteroatoms. The Kier molecular flexibility index (Phi) is 2.61. The zero-order valence-corrected chi connectivity index (χ0v) is 8.13. The van der Waals surface area contributed by atoms with Crippen molar-refractivity contribution in [1.29, 1.82) is 0 Å². The fourth-order valence-corrected chi connectivity index (χ4v) is 3.30. The monoisotopic (exact) mass is 188 g/mol. The Morgan fingerprint density at radius 2 is 1.75 bits per heavy atom. The minimum absolute atomic E-state index is 0.0454. The van der Waals surface area contributed by atoms with E-state index in [9.17, 15) is 5.11 Å². The van der Waals surface area contributed by atoms with Crippen LogP contribution in [0.15, 0.2) is 0 Å². The van der Waals surface area contributed by atoms with Crippen LogP contribution in [0.2, 0.25) is 0 Å². The van der Waals surface area contributed by atoms with Gasteiger partial charge in [0.05, 0.1) is 11.5 Å². The average molecular weight is 189 g/mol. The Morgan fingerprint density at radius 1 is 1.00 bits per heavy atom. The number of halogens is 1. The van der Waals surface area contributed by atoms with E-state index in [2.05, 4.69) is 0 Å². The first-order valence-corrected chi connectivity index (χ1v) is 5.55. The third-order valence-electron chi connectivity index (χ3n) is 3.58. The van der Waals surface area contributed by atoms with E-state index in [-0.39, 0.29) is 11.5 Å². The van der Waals surface area contributed by atoms with Crippen LogP contribution in [-0.2, 0) is 0 Å². The molecule has 70 valence electrons. The van der Waals surface area contributed by atoms with Crippen molar-refractivity contribution < 1.29 is 5.11 Å². The Bertz CT molecular complexity index is 158. The van der Waals surface area contributed by atoms with Crippen molar-refractivity contribution in [2.75, 3.05) is 0 Å². The first kappa shape index (κ1) is 8.83. The number of aliphatic hydroxyl groups is 1. The van der Waals surface area contributed by atoms with Crippen molar-refractivity contribution in [2.24, 2.45) is 11.8 Å². The molecule has 0 radical (unpaired) electrons. The molecule has 4 atom stereocenters. The van der Waals surface area contributed by atoms with E-state index in [1.807, 2.05) is 0 Å². The lowest BCUT2D eigenvalue weighted by atomic mass is 9.70. The van der Waals surface area contributed by atoms with Gasteiger partial charge in [-0.25, -0.2) is 0 Å². The van der Waals surface area contributed by atoms with Gasteiger partial charge in [-0.05, 0) is 31.1 Å². The average Bonchev–Trinajstić information content (AvgIpc) is 2.12. The lowest BCUT2D eigenvalue weighted by Crippen LogP contribution is -2.40. The molecule has 0 aromatic rings. The molecule has 0 aromatic carbocycles. The molecule has 1 nitrogen and oxygen atoms in total. The summed E-state index contributed by atoms with van der Waals surface area (Å²) in [4.78, 5) is 0. The fraction of sp³-hybridized carbons (Fsp3) is 1.00. The third kappa shape index (κ3) is 1.49. The molecular weight excluding hydrogens is 172 g/mol. The van der Waals surface area contributed by atoms with Gasteiger partial charge in [0.2, 0.25) is 0 Å². The molecule has 2 aliphatic carbocycles. The molecule has 0 unspecified atom stereocenters. The molecule has 2 aliphatic rings. The molecule has 12 heavy (non-hydrogen) atoms. The van der Waals surface area contributed by atoms with Crippen LogP contribution < -0.4 is 0 Å². The molecule has 0 aliphatic heterocycles. The predicted octanol–water partition coefficient (Wildman–Crippen LogP) is 2.55. The van der Waals surface area contributed by atoms with Gasteiger partial charge in [0, 0.05) is 0 Å². The van der Waals surface area contributed by atoms with Crippen molar-refractivity contribution in [3.8, 4) is 0 Å². The Labute approximate surface area is 79.1 Å². The number of fused-ring (bicyclic) bond motifs is 1. The predicted molar refractivity (Wildman–Crippen MR) is 50.3 cm³/mol. The molecule has 2 rings (SSSR count). The maximum Gasteiger partial charge on any atom is 0.0706 e. The third-order valence-corrected chi connectivity index (χ3v) is 4.19. The van der Waals surface area contributed by atoms with Crippen molar-refractivity contribution in [3.63, 3.8) is 0 Å². The van der Waals surface area contributed by atoms with Gasteiger partial charge >= 0.3 is 0 Å². The summed E-state index contributed by atoms with van der Waals surface area (Å²) in [6.07, 6.45) is 7.18. The zero-order chi connectivity index (χ0) is 8.55. The van der Waals surface area contributed by atoms with Crippen LogP contribution in [0.25, 0.3) is 0 Å². The van der Waals surface area contributed by atoms with Gasteiger partial charge < -0.3 is 5.11 Å². The number of rotatable bonds is 0. The number of hydrogen-bond donors (Lipinski definition) is 1. The first-order valence-electron chi connectivity index (χ1n) is 5.11. The highest BCUT2D eigenvalue weighted by Gasteiger charge is 2.38. The second kappa shape index (κ2) is 3.55. The van der Waals surface area contributed by atoms with Crippen molar-refractivity contribution in [2.45, 2.75) is 50.0 Å². The molecule has 0 amide bonds. The summed E-state index contributed by atoms with van der Waals surface area (Å²) in [6.45, 7) is 0. The highest BCUT2D eigenvalue weighted by atomic mass is 35.5. The van der Waals surface area contributed by atoms with Crippen molar-refractivity contribution >= 4 is 11.6 Å². The van der Waals surface area contributed by atoms with E-state index < -0.39 is 0 Å². The normalized spacial score (nSPS) is 48.5. The van der Waals surface area contributed by atoms with Gasteiger partial charge in [-0.2, -0.15) is 0 Å². The van der Waals surface area contributed by atoms with Crippen LogP contribution in [0, 0.1) is 11.8 Å². The SMILES string of the molecule is O[C@H]1CC[C@H]2CCCC[C@@H]2[C@H]1Cl. The largest absolute Gasteiger partial charge is 0.392 e. The lowest BCUT2D eigenvalue weighted by molar-refractivity contribution is 0.0542. The molecule has 0 heterocycles. The van der Waals surface area contributed by atoms with Crippen LogP contribution >= 0.6 is 11.6 Å². The Balaban J connectivity index is 2.03. The highest BCUT2D eigenvalue weighted by Crippen LogP contribution is 2.42. The van der Waals surface area contributed by atoms with Crippen LogP contribution in [0.1, 0.15) is 38.5 Å². The maximum atomic E-state index is 9.58. The van der Waals surface area contributed by atoms with Gasteiger partial charge in [0.15, 0.2) is 0 Å². The maximum absolute atomic E-state index is 9.58. The van der Waals surface area contributed by atoms with Crippen LogP contribution in [0.5, 0.6) is 0 Å². The summed E-state index contributed by atoms with van der Waals surface area (Å²) in [5, 5.41) is 9.63. The van der Waals surface area contributed by atoms with Crippen LogP contribution in [-0.4, -0.2) is 16.6 Å². The van der Waals surface area contributed by atoms with Crippen LogP contribution in [0.3, 0.4) is 0 Å². The second-order valence-electron chi connectivity index (χ2n) is 4.30. The first-order chi connectivity index (χ1) is 5.79. The summed E-state index contributed by atoms with van der Waals surface area (Å²) in [5.41, 5.74) is 0. The zero-order valence-electron chi connectivity index (χ0n) is 7.38. The van der Waals surface area contributed by atoms with Gasteiger partial charge in [0.25, 0.3) is 0 Å². The van der Waals surface area contributed by atoms with E-state index in [1.165, 1.54) is 32.1 Å². The van der Waals surface area contributed by atoms with Crippen LogP contribution in [0.4, 0.5) is 0 Å². The molecule has 2 saturated carbocycles. The standard InChI is InChI=1S/C10H17ClO/c11-10-8-4-2-1-3-7(8)5-6-9(10)12/h7-10,12H,1-6H2/t7-,8+,9+,10-/m1/s1. The lowest BCUT2D eigenvalue weighted by Gasteiger charge is -2.41. The molecule has 0 saturated heterocycles. The minimum atomic E-state index is -0.231. The number of alkyl halides is 1. The highest BCUT2D eigenvalue weighted by molar-refractivity contribution is 6.21. The topological polar surface area (TPSA) is 20.2 Å². The van der Waals surface area contributed by atoms with Gasteiger partial charge in [-0.15, -0.1) is 11.6 Å². The van der Waals surface area contributed by atoms with Gasteiger partial charge in [-0.1, -0.05) is 19.3 Å². The minimum Gasteiger partial charge on any atom is -0.392 e. The van der Waals surface area contributed by atoms with E-state index in [0.29, 0.717) is 5.92 Å². The van der Waals surface area contributed by atoms with E-state index >= 15 is 0 Å². The summed E-state index contributed by atoms with van der Waals surface area (Å²) in [7, 11) is 0. The number of hydrogen-bond acceptors (Lipinski definition) is 1. The summed E-state index contributed by atoms with van der Waals surface area (Å²) < 4.78 is 0. The molecular formula is C10H17ClO. The molecule has 0 aromatic heterocycles. The second-order valence-corrected chi connectivity index (χ2v) is 4.80. The summed E-state index contributed by atoms with van der Waals surface area (Å²) in [5.74, 6) is 1.44. The smallest absolute Gasteiger partial charge is 0.0706 e.